The second-order valence-electron chi connectivity index (χ2n) is 4.82. The van der Waals surface area contributed by atoms with Crippen molar-refractivity contribution in [1.29, 1.82) is 0 Å². The van der Waals surface area contributed by atoms with Crippen molar-refractivity contribution in [3.8, 4) is 0 Å². The van der Waals surface area contributed by atoms with Gasteiger partial charge in [0.2, 0.25) is 0 Å². The third-order valence-corrected chi connectivity index (χ3v) is 3.49. The number of pyridine rings is 1. The molecule has 17 heavy (non-hydrogen) atoms. The highest BCUT2D eigenvalue weighted by molar-refractivity contribution is 5.78. The Hall–Kier alpha value is -1.45. The van der Waals surface area contributed by atoms with Gasteiger partial charge in [-0.15, -0.1) is 0 Å². The van der Waals surface area contributed by atoms with Crippen LogP contribution in [0.4, 0.5) is 0 Å². The number of nitrogens with one attached hydrogen (secondary N) is 1. The Morgan fingerprint density at radius 1 is 1.29 bits per heavy atom. The molecule has 0 amide bonds. The minimum Gasteiger partial charge on any atom is -0.394 e. The maximum absolute atomic E-state index is 9.23. The molecule has 0 radical (unpaired) electrons. The average molecular weight is 228 g/mol. The summed E-state index contributed by atoms with van der Waals surface area (Å²) >= 11 is 0. The molecule has 1 heterocycles. The number of aromatic nitrogens is 1. The number of rotatable bonds is 4. The number of hydrogen-bond donors (Lipinski definition) is 2. The van der Waals surface area contributed by atoms with Gasteiger partial charge in [-0.3, -0.25) is 4.98 Å². The van der Waals surface area contributed by atoms with E-state index in [1.54, 1.807) is 0 Å². The molecule has 1 fully saturated rings. The first-order valence-electron chi connectivity index (χ1n) is 6.01. The van der Waals surface area contributed by atoms with Gasteiger partial charge >= 0.3 is 0 Å². The molecule has 3 heteroatoms. The Kier molecular flexibility index (Phi) is 2.57. The lowest BCUT2D eigenvalue weighted by Gasteiger charge is -2.14. The van der Waals surface area contributed by atoms with Crippen LogP contribution < -0.4 is 5.32 Å². The van der Waals surface area contributed by atoms with Crippen molar-refractivity contribution in [3.63, 3.8) is 0 Å². The first-order chi connectivity index (χ1) is 8.31. The lowest BCUT2D eigenvalue weighted by atomic mass is 10.1. The molecule has 0 atom stereocenters. The summed E-state index contributed by atoms with van der Waals surface area (Å²) in [5, 5.41) is 13.8. The summed E-state index contributed by atoms with van der Waals surface area (Å²) in [5.74, 6) is 0. The van der Waals surface area contributed by atoms with Crippen LogP contribution >= 0.6 is 0 Å². The highest BCUT2D eigenvalue weighted by Gasteiger charge is 2.41. The number of aliphatic hydroxyl groups is 1. The zero-order valence-corrected chi connectivity index (χ0v) is 9.69. The fourth-order valence-electron chi connectivity index (χ4n) is 2.07. The predicted molar refractivity (Wildman–Crippen MR) is 67.6 cm³/mol. The predicted octanol–water partition coefficient (Wildman–Crippen LogP) is 1.85. The Labute approximate surface area is 100 Å². The third-order valence-electron chi connectivity index (χ3n) is 3.49. The molecule has 1 saturated carbocycles. The van der Waals surface area contributed by atoms with Crippen molar-refractivity contribution >= 4 is 10.9 Å². The molecule has 0 saturated heterocycles. The molecule has 1 aromatic heterocycles. The Morgan fingerprint density at radius 3 is 2.94 bits per heavy atom. The fraction of sp³-hybridized carbons (Fsp3) is 0.357. The van der Waals surface area contributed by atoms with E-state index in [9.17, 15) is 5.11 Å². The molecule has 2 aromatic rings. The lowest BCUT2D eigenvalue weighted by molar-refractivity contribution is 0.229. The van der Waals surface area contributed by atoms with E-state index in [0.29, 0.717) is 0 Å². The van der Waals surface area contributed by atoms with Crippen LogP contribution in [0.1, 0.15) is 18.4 Å². The lowest BCUT2D eigenvalue weighted by Crippen LogP contribution is -2.34. The Morgan fingerprint density at radius 2 is 2.18 bits per heavy atom. The Bertz CT molecular complexity index is 534. The smallest absolute Gasteiger partial charge is 0.0702 e. The summed E-state index contributed by atoms with van der Waals surface area (Å²) in [6.45, 7) is 1.05. The quantitative estimate of drug-likeness (QED) is 0.839. The molecular weight excluding hydrogens is 212 g/mol. The van der Waals surface area contributed by atoms with E-state index in [4.69, 9.17) is 0 Å². The molecular formula is C14H16N2O. The summed E-state index contributed by atoms with van der Waals surface area (Å²) in [5.41, 5.74) is 2.27. The van der Waals surface area contributed by atoms with Crippen LogP contribution in [-0.2, 0) is 6.54 Å². The SMILES string of the molecule is OCC1(NCc2ccc3ncccc3c2)CC1. The highest BCUT2D eigenvalue weighted by Crippen LogP contribution is 2.34. The number of hydrogen-bond acceptors (Lipinski definition) is 3. The topological polar surface area (TPSA) is 45.1 Å². The van der Waals surface area contributed by atoms with Crippen molar-refractivity contribution in [2.45, 2.75) is 24.9 Å². The van der Waals surface area contributed by atoms with Gasteiger partial charge in [-0.1, -0.05) is 12.1 Å². The molecule has 1 aromatic carbocycles. The van der Waals surface area contributed by atoms with Crippen molar-refractivity contribution in [2.75, 3.05) is 6.61 Å². The van der Waals surface area contributed by atoms with Crippen LogP contribution in [-0.4, -0.2) is 22.2 Å². The number of fused-ring (bicyclic) bond motifs is 1. The molecule has 1 aliphatic carbocycles. The first-order valence-corrected chi connectivity index (χ1v) is 6.01. The molecule has 0 spiro atoms. The second kappa shape index (κ2) is 4.09. The third kappa shape index (κ3) is 2.16. The van der Waals surface area contributed by atoms with Gasteiger partial charge in [0.1, 0.15) is 0 Å². The van der Waals surface area contributed by atoms with Gasteiger partial charge in [0.05, 0.1) is 12.1 Å². The fourth-order valence-corrected chi connectivity index (χ4v) is 2.07. The van der Waals surface area contributed by atoms with Gasteiger partial charge in [-0.25, -0.2) is 0 Å². The van der Waals surface area contributed by atoms with E-state index in [-0.39, 0.29) is 12.1 Å². The normalized spacial score (nSPS) is 17.2. The summed E-state index contributed by atoms with van der Waals surface area (Å²) < 4.78 is 0. The largest absolute Gasteiger partial charge is 0.394 e. The number of nitrogens with zero attached hydrogens (tertiary/aromatic N) is 1. The summed E-state index contributed by atoms with van der Waals surface area (Å²) in [6.07, 6.45) is 3.97. The minimum absolute atomic E-state index is 0.00386. The molecule has 3 nitrogen and oxygen atoms in total. The van der Waals surface area contributed by atoms with Gasteiger partial charge in [-0.05, 0) is 36.6 Å². The average Bonchev–Trinajstić information content (AvgIpc) is 3.17. The summed E-state index contributed by atoms with van der Waals surface area (Å²) in [7, 11) is 0. The maximum Gasteiger partial charge on any atom is 0.0702 e. The zero-order valence-electron chi connectivity index (χ0n) is 9.69. The van der Waals surface area contributed by atoms with Crippen LogP contribution in [0, 0.1) is 0 Å². The molecule has 0 bridgehead atoms. The van der Waals surface area contributed by atoms with Gasteiger partial charge in [-0.2, -0.15) is 0 Å². The van der Waals surface area contributed by atoms with Crippen LogP contribution in [0.2, 0.25) is 0 Å². The molecule has 88 valence electrons. The molecule has 1 aliphatic rings. The molecule has 0 aliphatic heterocycles. The van der Waals surface area contributed by atoms with Crippen molar-refractivity contribution < 1.29 is 5.11 Å². The number of benzene rings is 1. The summed E-state index contributed by atoms with van der Waals surface area (Å²) in [6, 6.07) is 10.3. The van der Waals surface area contributed by atoms with E-state index in [1.165, 1.54) is 10.9 Å². The maximum atomic E-state index is 9.23. The van der Waals surface area contributed by atoms with Crippen LogP contribution in [0.15, 0.2) is 36.5 Å². The van der Waals surface area contributed by atoms with Gasteiger partial charge in [0.15, 0.2) is 0 Å². The van der Waals surface area contributed by atoms with Crippen molar-refractivity contribution in [1.82, 2.24) is 10.3 Å². The van der Waals surface area contributed by atoms with Gasteiger partial charge < -0.3 is 10.4 Å². The monoisotopic (exact) mass is 228 g/mol. The standard InChI is InChI=1S/C14H16N2O/c17-10-14(5-6-14)16-9-11-3-4-13-12(8-11)2-1-7-15-13/h1-4,7-8,16-17H,5-6,9-10H2. The van der Waals surface area contributed by atoms with E-state index < -0.39 is 0 Å². The van der Waals surface area contributed by atoms with Crippen molar-refractivity contribution in [2.24, 2.45) is 0 Å². The first kappa shape index (κ1) is 10.7. The summed E-state index contributed by atoms with van der Waals surface area (Å²) in [4.78, 5) is 4.30. The molecule has 2 N–H and O–H groups in total. The Balaban J connectivity index is 1.77. The van der Waals surface area contributed by atoms with E-state index >= 15 is 0 Å². The molecule has 0 unspecified atom stereocenters. The number of aliphatic hydroxyl groups excluding tert-OH is 1. The minimum atomic E-state index is 0.00386. The van der Waals surface area contributed by atoms with Crippen LogP contribution in [0.5, 0.6) is 0 Å². The van der Waals surface area contributed by atoms with Gasteiger partial charge in [0.25, 0.3) is 0 Å². The van der Waals surface area contributed by atoms with Crippen LogP contribution in [0.25, 0.3) is 10.9 Å². The molecule has 3 rings (SSSR count). The van der Waals surface area contributed by atoms with Crippen LogP contribution in [0.3, 0.4) is 0 Å². The van der Waals surface area contributed by atoms with E-state index in [0.717, 1.165) is 24.9 Å². The van der Waals surface area contributed by atoms with E-state index in [2.05, 4.69) is 28.5 Å². The van der Waals surface area contributed by atoms with Gasteiger partial charge in [0, 0.05) is 23.7 Å². The van der Waals surface area contributed by atoms with Crippen molar-refractivity contribution in [3.05, 3.63) is 42.1 Å². The second-order valence-corrected chi connectivity index (χ2v) is 4.82. The zero-order chi connectivity index (χ0) is 11.7. The van der Waals surface area contributed by atoms with E-state index in [1.807, 2.05) is 18.3 Å². The highest BCUT2D eigenvalue weighted by atomic mass is 16.3.